The minimum atomic E-state index is -0.257. The highest BCUT2D eigenvalue weighted by Gasteiger charge is 2.17. The van der Waals surface area contributed by atoms with Crippen molar-refractivity contribution in [2.45, 2.75) is 19.0 Å². The van der Waals surface area contributed by atoms with Crippen LogP contribution in [0, 0.1) is 0 Å². The number of aromatic nitrogens is 2. The van der Waals surface area contributed by atoms with E-state index in [1.165, 1.54) is 4.88 Å². The van der Waals surface area contributed by atoms with Crippen LogP contribution in [0.4, 0.5) is 0 Å². The number of nitrogens with one attached hydrogen (secondary N) is 2. The van der Waals surface area contributed by atoms with Gasteiger partial charge in [0.15, 0.2) is 5.82 Å². The van der Waals surface area contributed by atoms with Crippen LogP contribution in [0.5, 0.6) is 0 Å². The van der Waals surface area contributed by atoms with Gasteiger partial charge in [-0.25, -0.2) is 0 Å². The van der Waals surface area contributed by atoms with Crippen molar-refractivity contribution in [1.29, 1.82) is 0 Å². The van der Waals surface area contributed by atoms with Crippen molar-refractivity contribution in [3.63, 3.8) is 0 Å². The van der Waals surface area contributed by atoms with E-state index in [1.807, 2.05) is 29.7 Å². The van der Waals surface area contributed by atoms with Crippen LogP contribution in [-0.4, -0.2) is 28.6 Å². The fourth-order valence-corrected chi connectivity index (χ4v) is 2.62. The number of hydrogen-bond acceptors (Lipinski definition) is 6. The molecule has 6 nitrogen and oxygen atoms in total. The van der Waals surface area contributed by atoms with E-state index in [0.717, 1.165) is 6.54 Å². The molecule has 0 aliphatic carbocycles. The first-order valence-electron chi connectivity index (χ1n) is 6.33. The Labute approximate surface area is 119 Å². The van der Waals surface area contributed by atoms with Crippen LogP contribution in [0.2, 0.25) is 0 Å². The second-order valence-electron chi connectivity index (χ2n) is 4.39. The molecule has 0 radical (unpaired) electrons. The molecule has 0 aromatic carbocycles. The lowest BCUT2D eigenvalue weighted by Crippen LogP contribution is -2.40. The Kier molecular flexibility index (Phi) is 3.89. The molecule has 1 aliphatic rings. The largest absolute Gasteiger partial charge is 0.347 e. The summed E-state index contributed by atoms with van der Waals surface area (Å²) in [7, 11) is 0. The van der Waals surface area contributed by atoms with Crippen molar-refractivity contribution in [2.24, 2.45) is 0 Å². The molecule has 0 fully saturated rings. The van der Waals surface area contributed by atoms with Crippen molar-refractivity contribution in [3.05, 3.63) is 46.3 Å². The van der Waals surface area contributed by atoms with E-state index in [2.05, 4.69) is 20.8 Å². The Balaban J connectivity index is 1.52. The van der Waals surface area contributed by atoms with Crippen LogP contribution in [0.1, 0.15) is 16.6 Å². The van der Waals surface area contributed by atoms with Gasteiger partial charge in [0.1, 0.15) is 6.04 Å². The highest BCUT2D eigenvalue weighted by atomic mass is 32.1. The molecule has 3 rings (SSSR count). The van der Waals surface area contributed by atoms with Crippen molar-refractivity contribution in [2.75, 3.05) is 6.54 Å². The monoisotopic (exact) mass is 290 g/mol. The lowest BCUT2D eigenvalue weighted by molar-refractivity contribution is -0.122. The topological polar surface area (TPSA) is 80.1 Å². The van der Waals surface area contributed by atoms with Crippen LogP contribution in [0.15, 0.2) is 34.2 Å². The molecule has 0 unspecified atom stereocenters. The summed E-state index contributed by atoms with van der Waals surface area (Å²) < 4.78 is 5.16. The SMILES string of the molecule is O=C(NCc1noc(Cc2cccs2)n1)[C@@H]1C=CCN1. The van der Waals surface area contributed by atoms with Gasteiger partial charge in [-0.2, -0.15) is 4.98 Å². The van der Waals surface area contributed by atoms with Gasteiger partial charge in [0.2, 0.25) is 11.8 Å². The highest BCUT2D eigenvalue weighted by Crippen LogP contribution is 2.13. The zero-order valence-corrected chi connectivity index (χ0v) is 11.5. The Hall–Kier alpha value is -1.99. The molecule has 20 heavy (non-hydrogen) atoms. The molecular formula is C13H14N4O2S. The summed E-state index contributed by atoms with van der Waals surface area (Å²) in [6, 6.07) is 3.75. The molecule has 1 atom stereocenters. The molecule has 104 valence electrons. The van der Waals surface area contributed by atoms with Gasteiger partial charge in [-0.15, -0.1) is 11.3 Å². The first-order valence-corrected chi connectivity index (χ1v) is 7.21. The van der Waals surface area contributed by atoms with Gasteiger partial charge < -0.3 is 9.84 Å². The van der Waals surface area contributed by atoms with Gasteiger partial charge in [0, 0.05) is 11.4 Å². The number of carbonyl (C=O) groups excluding carboxylic acids is 1. The van der Waals surface area contributed by atoms with Gasteiger partial charge in [0.25, 0.3) is 0 Å². The Morgan fingerprint density at radius 3 is 3.30 bits per heavy atom. The van der Waals surface area contributed by atoms with E-state index in [0.29, 0.717) is 18.1 Å². The quantitative estimate of drug-likeness (QED) is 0.799. The minimum Gasteiger partial charge on any atom is -0.347 e. The van der Waals surface area contributed by atoms with Gasteiger partial charge in [-0.3, -0.25) is 10.1 Å². The number of amides is 1. The van der Waals surface area contributed by atoms with Gasteiger partial charge in [-0.05, 0) is 11.4 Å². The lowest BCUT2D eigenvalue weighted by Gasteiger charge is -2.08. The summed E-state index contributed by atoms with van der Waals surface area (Å²) >= 11 is 1.65. The molecule has 0 saturated carbocycles. The predicted molar refractivity (Wildman–Crippen MR) is 74.2 cm³/mol. The van der Waals surface area contributed by atoms with E-state index in [1.54, 1.807) is 11.3 Å². The molecule has 0 saturated heterocycles. The molecule has 1 amide bonds. The molecule has 0 spiro atoms. The predicted octanol–water partition coefficient (Wildman–Crippen LogP) is 0.866. The summed E-state index contributed by atoms with van der Waals surface area (Å²) in [6.07, 6.45) is 4.40. The standard InChI is InChI=1S/C13H14N4O2S/c18-13(10-4-1-5-14-10)15-8-11-16-12(19-17-11)7-9-3-2-6-20-9/h1-4,6,10,14H,5,7-8H2,(H,15,18)/t10-/m0/s1. The molecule has 2 aromatic heterocycles. The molecule has 3 heterocycles. The third-order valence-corrected chi connectivity index (χ3v) is 3.78. The highest BCUT2D eigenvalue weighted by molar-refractivity contribution is 7.09. The fraction of sp³-hybridized carbons (Fsp3) is 0.308. The van der Waals surface area contributed by atoms with Crippen LogP contribution in [0.3, 0.4) is 0 Å². The molecule has 2 aromatic rings. The third-order valence-electron chi connectivity index (χ3n) is 2.90. The summed E-state index contributed by atoms with van der Waals surface area (Å²) in [5.74, 6) is 0.978. The molecule has 2 N–H and O–H groups in total. The second-order valence-corrected chi connectivity index (χ2v) is 5.42. The maximum absolute atomic E-state index is 11.8. The average Bonchev–Trinajstić information content (AvgIpc) is 3.19. The van der Waals surface area contributed by atoms with Gasteiger partial charge in [0.05, 0.1) is 13.0 Å². The zero-order valence-electron chi connectivity index (χ0n) is 10.7. The molecule has 1 aliphatic heterocycles. The van der Waals surface area contributed by atoms with Gasteiger partial charge in [-0.1, -0.05) is 23.4 Å². The number of rotatable bonds is 5. The van der Waals surface area contributed by atoms with Crippen molar-refractivity contribution < 1.29 is 9.32 Å². The van der Waals surface area contributed by atoms with Crippen LogP contribution in [0.25, 0.3) is 0 Å². The zero-order chi connectivity index (χ0) is 13.8. The number of nitrogens with zero attached hydrogens (tertiary/aromatic N) is 2. The van der Waals surface area contributed by atoms with E-state index in [4.69, 9.17) is 4.52 Å². The minimum absolute atomic E-state index is 0.0802. The molecule has 0 bridgehead atoms. The van der Waals surface area contributed by atoms with E-state index in [-0.39, 0.29) is 18.5 Å². The maximum atomic E-state index is 11.8. The van der Waals surface area contributed by atoms with E-state index in [9.17, 15) is 4.79 Å². The van der Waals surface area contributed by atoms with Crippen LogP contribution in [-0.2, 0) is 17.8 Å². The summed E-state index contributed by atoms with van der Waals surface area (Å²) in [5, 5.41) is 11.7. The summed E-state index contributed by atoms with van der Waals surface area (Å²) in [5.41, 5.74) is 0. The fourth-order valence-electron chi connectivity index (χ4n) is 1.92. The van der Waals surface area contributed by atoms with Crippen LogP contribution < -0.4 is 10.6 Å². The van der Waals surface area contributed by atoms with E-state index >= 15 is 0 Å². The Morgan fingerprint density at radius 2 is 2.55 bits per heavy atom. The number of thiophene rings is 1. The van der Waals surface area contributed by atoms with Crippen molar-refractivity contribution in [1.82, 2.24) is 20.8 Å². The summed E-state index contributed by atoms with van der Waals surface area (Å²) in [4.78, 5) is 17.2. The smallest absolute Gasteiger partial charge is 0.241 e. The van der Waals surface area contributed by atoms with E-state index < -0.39 is 0 Å². The van der Waals surface area contributed by atoms with Crippen molar-refractivity contribution >= 4 is 17.2 Å². The van der Waals surface area contributed by atoms with Gasteiger partial charge >= 0.3 is 0 Å². The Morgan fingerprint density at radius 1 is 1.60 bits per heavy atom. The first kappa shape index (κ1) is 13.0. The summed E-state index contributed by atoms with van der Waals surface area (Å²) in [6.45, 7) is 1.00. The Bertz CT molecular complexity index is 606. The molecular weight excluding hydrogens is 276 g/mol. The number of carbonyl (C=O) groups is 1. The molecule has 7 heteroatoms. The van der Waals surface area contributed by atoms with Crippen molar-refractivity contribution in [3.8, 4) is 0 Å². The van der Waals surface area contributed by atoms with Crippen LogP contribution >= 0.6 is 11.3 Å². The number of hydrogen-bond donors (Lipinski definition) is 2. The third kappa shape index (κ3) is 3.12. The normalized spacial score (nSPS) is 17.5. The average molecular weight is 290 g/mol. The lowest BCUT2D eigenvalue weighted by atomic mass is 10.3. The first-order chi connectivity index (χ1) is 9.81. The second kappa shape index (κ2) is 5.98. The maximum Gasteiger partial charge on any atom is 0.241 e.